The number of likely N-dealkylation sites (N-methyl/N-ethyl adjacent to an activating group) is 1. The zero-order valence-electron chi connectivity index (χ0n) is 15.4. The third kappa shape index (κ3) is 3.13. The van der Waals surface area contributed by atoms with Gasteiger partial charge in [-0.05, 0) is 68.3 Å². The molecule has 2 amide bonds. The summed E-state index contributed by atoms with van der Waals surface area (Å²) in [5, 5.41) is -0.173. The molecule has 2 aliphatic rings. The highest BCUT2D eigenvalue weighted by Gasteiger charge is 2.34. The molecule has 1 aromatic rings. The number of amides is 2. The molecular weight excluding hydrogens is 332 g/mol. The van der Waals surface area contributed by atoms with E-state index in [1.807, 2.05) is 19.1 Å². The first-order valence-corrected chi connectivity index (χ1v) is 9.39. The number of rotatable bonds is 3. The molecule has 3 rings (SSSR count). The van der Waals surface area contributed by atoms with Gasteiger partial charge in [-0.1, -0.05) is 19.1 Å². The Balaban J connectivity index is 1.95. The summed E-state index contributed by atoms with van der Waals surface area (Å²) in [4.78, 5) is 28.5. The Labute approximate surface area is 153 Å². The van der Waals surface area contributed by atoms with Crippen molar-refractivity contribution in [1.29, 1.82) is 0 Å². The SMILES string of the molecule is CCCN1C(=O)S/C(=C/c2ccc3c(c2)C(C)=CC(C)(C)N3C)C1=O. The van der Waals surface area contributed by atoms with Crippen molar-refractivity contribution in [3.8, 4) is 0 Å². The summed E-state index contributed by atoms with van der Waals surface area (Å²) < 4.78 is 0. The third-order valence-electron chi connectivity index (χ3n) is 4.86. The van der Waals surface area contributed by atoms with Gasteiger partial charge in [0.1, 0.15) is 0 Å². The number of thioether (sulfide) groups is 1. The molecule has 0 atom stereocenters. The van der Waals surface area contributed by atoms with Crippen LogP contribution in [0.2, 0.25) is 0 Å². The first-order valence-electron chi connectivity index (χ1n) is 8.57. The van der Waals surface area contributed by atoms with Gasteiger partial charge in [0, 0.05) is 24.8 Å². The van der Waals surface area contributed by atoms with Crippen LogP contribution in [0.1, 0.15) is 45.2 Å². The first-order chi connectivity index (χ1) is 11.7. The fourth-order valence-electron chi connectivity index (χ4n) is 3.33. The highest BCUT2D eigenvalue weighted by atomic mass is 32.2. The largest absolute Gasteiger partial charge is 0.366 e. The third-order valence-corrected chi connectivity index (χ3v) is 5.77. The second-order valence-electron chi connectivity index (χ2n) is 7.15. The van der Waals surface area contributed by atoms with Crippen molar-refractivity contribution in [3.63, 3.8) is 0 Å². The van der Waals surface area contributed by atoms with Gasteiger partial charge in [-0.2, -0.15) is 0 Å². The van der Waals surface area contributed by atoms with Gasteiger partial charge in [0.2, 0.25) is 0 Å². The number of anilines is 1. The lowest BCUT2D eigenvalue weighted by Gasteiger charge is -2.40. The van der Waals surface area contributed by atoms with Gasteiger partial charge < -0.3 is 4.90 Å². The Morgan fingerprint density at radius 2 is 1.96 bits per heavy atom. The Hall–Kier alpha value is -2.01. The standard InChI is InChI=1S/C20H24N2O2S/c1-6-9-22-18(23)17(25-19(22)24)11-14-7-8-16-15(10-14)13(2)12-20(3,4)21(16)5/h7-8,10-12H,6,9H2,1-5H3/b17-11+. The molecular formula is C20H24N2O2S. The van der Waals surface area contributed by atoms with Crippen LogP contribution >= 0.6 is 11.8 Å². The van der Waals surface area contributed by atoms with Gasteiger partial charge in [0.25, 0.3) is 11.1 Å². The van der Waals surface area contributed by atoms with Gasteiger partial charge in [0.15, 0.2) is 0 Å². The van der Waals surface area contributed by atoms with Crippen molar-refractivity contribution in [3.05, 3.63) is 40.3 Å². The minimum atomic E-state index is -0.180. The zero-order valence-corrected chi connectivity index (χ0v) is 16.2. The van der Waals surface area contributed by atoms with Gasteiger partial charge in [-0.3, -0.25) is 14.5 Å². The van der Waals surface area contributed by atoms with E-state index < -0.39 is 0 Å². The van der Waals surface area contributed by atoms with Crippen LogP contribution in [-0.4, -0.2) is 35.2 Å². The summed E-state index contributed by atoms with van der Waals surface area (Å²) in [6.07, 6.45) is 4.86. The van der Waals surface area contributed by atoms with E-state index in [9.17, 15) is 9.59 Å². The van der Waals surface area contributed by atoms with Crippen LogP contribution in [-0.2, 0) is 4.79 Å². The molecule has 1 saturated heterocycles. The number of benzene rings is 1. The minimum Gasteiger partial charge on any atom is -0.366 e. The number of fused-ring (bicyclic) bond motifs is 1. The number of allylic oxidation sites excluding steroid dienone is 1. The van der Waals surface area contributed by atoms with Gasteiger partial charge >= 0.3 is 0 Å². The molecule has 1 fully saturated rings. The maximum atomic E-state index is 12.4. The van der Waals surface area contributed by atoms with E-state index in [-0.39, 0.29) is 16.7 Å². The van der Waals surface area contributed by atoms with Crippen LogP contribution < -0.4 is 4.90 Å². The Morgan fingerprint density at radius 3 is 2.64 bits per heavy atom. The molecule has 0 unspecified atom stereocenters. The molecule has 2 aliphatic heterocycles. The first kappa shape index (κ1) is 17.8. The van der Waals surface area contributed by atoms with E-state index in [1.54, 1.807) is 0 Å². The molecule has 4 nitrogen and oxygen atoms in total. The van der Waals surface area contributed by atoms with E-state index in [2.05, 4.69) is 50.9 Å². The monoisotopic (exact) mass is 356 g/mol. The van der Waals surface area contributed by atoms with E-state index in [1.165, 1.54) is 21.7 Å². The maximum absolute atomic E-state index is 12.4. The molecule has 25 heavy (non-hydrogen) atoms. The van der Waals surface area contributed by atoms with Crippen molar-refractivity contribution >= 4 is 40.2 Å². The van der Waals surface area contributed by atoms with Crippen molar-refractivity contribution in [2.45, 2.75) is 39.7 Å². The van der Waals surface area contributed by atoms with Crippen LogP contribution in [0.15, 0.2) is 29.2 Å². The molecule has 2 heterocycles. The van der Waals surface area contributed by atoms with Crippen molar-refractivity contribution in [2.75, 3.05) is 18.5 Å². The van der Waals surface area contributed by atoms with Crippen molar-refractivity contribution in [2.24, 2.45) is 0 Å². The summed E-state index contributed by atoms with van der Waals surface area (Å²) in [6, 6.07) is 6.20. The number of nitrogens with zero attached hydrogens (tertiary/aromatic N) is 2. The molecule has 0 radical (unpaired) electrons. The topological polar surface area (TPSA) is 40.6 Å². The molecule has 0 spiro atoms. The van der Waals surface area contributed by atoms with E-state index in [4.69, 9.17) is 0 Å². The Bertz CT molecular complexity index is 808. The highest BCUT2D eigenvalue weighted by Crippen LogP contribution is 2.39. The van der Waals surface area contributed by atoms with E-state index in [0.29, 0.717) is 11.4 Å². The number of carbonyl (C=O) groups excluding carboxylic acids is 2. The molecule has 0 aromatic heterocycles. The number of carbonyl (C=O) groups is 2. The predicted molar refractivity (Wildman–Crippen MR) is 106 cm³/mol. The van der Waals surface area contributed by atoms with Gasteiger partial charge in [-0.15, -0.1) is 0 Å². The van der Waals surface area contributed by atoms with Crippen LogP contribution in [0, 0.1) is 0 Å². The predicted octanol–water partition coefficient (Wildman–Crippen LogP) is 4.76. The van der Waals surface area contributed by atoms with E-state index >= 15 is 0 Å². The molecule has 0 N–H and O–H groups in total. The van der Waals surface area contributed by atoms with E-state index in [0.717, 1.165) is 23.7 Å². The lowest BCUT2D eigenvalue weighted by Crippen LogP contribution is -2.42. The summed E-state index contributed by atoms with van der Waals surface area (Å²) in [7, 11) is 2.09. The highest BCUT2D eigenvalue weighted by molar-refractivity contribution is 8.18. The van der Waals surface area contributed by atoms with Crippen LogP contribution in [0.25, 0.3) is 11.6 Å². The zero-order chi connectivity index (χ0) is 18.4. The summed E-state index contributed by atoms with van der Waals surface area (Å²) in [5.74, 6) is -0.180. The maximum Gasteiger partial charge on any atom is 0.293 e. The fourth-order valence-corrected chi connectivity index (χ4v) is 4.20. The van der Waals surface area contributed by atoms with Gasteiger partial charge in [-0.25, -0.2) is 0 Å². The average Bonchev–Trinajstić information content (AvgIpc) is 2.80. The fraction of sp³-hybridized carbons (Fsp3) is 0.400. The summed E-state index contributed by atoms with van der Waals surface area (Å²) in [5.41, 5.74) is 4.50. The Kier molecular flexibility index (Phi) is 4.54. The molecule has 5 heteroatoms. The molecule has 0 aliphatic carbocycles. The molecule has 0 saturated carbocycles. The number of hydrogen-bond donors (Lipinski definition) is 0. The minimum absolute atomic E-state index is 0.0264. The molecule has 0 bridgehead atoms. The van der Waals surface area contributed by atoms with Gasteiger partial charge in [0.05, 0.1) is 10.4 Å². The number of imide groups is 1. The Morgan fingerprint density at radius 1 is 1.24 bits per heavy atom. The smallest absolute Gasteiger partial charge is 0.293 e. The summed E-state index contributed by atoms with van der Waals surface area (Å²) in [6.45, 7) is 8.94. The van der Waals surface area contributed by atoms with Crippen LogP contribution in [0.5, 0.6) is 0 Å². The summed E-state index contributed by atoms with van der Waals surface area (Å²) >= 11 is 1.03. The quantitative estimate of drug-likeness (QED) is 0.732. The lowest BCUT2D eigenvalue weighted by molar-refractivity contribution is -0.122. The second-order valence-corrected chi connectivity index (χ2v) is 8.14. The number of hydrogen-bond acceptors (Lipinski definition) is 4. The average molecular weight is 356 g/mol. The second kappa shape index (κ2) is 6.37. The molecule has 132 valence electrons. The van der Waals surface area contributed by atoms with Crippen LogP contribution in [0.3, 0.4) is 0 Å². The van der Waals surface area contributed by atoms with Crippen molar-refractivity contribution < 1.29 is 9.59 Å². The lowest BCUT2D eigenvalue weighted by atomic mass is 9.88. The van der Waals surface area contributed by atoms with Crippen molar-refractivity contribution in [1.82, 2.24) is 4.90 Å². The van der Waals surface area contributed by atoms with Crippen LogP contribution in [0.4, 0.5) is 10.5 Å². The molecule has 1 aromatic carbocycles. The normalized spacial score (nSPS) is 21.0.